The highest BCUT2D eigenvalue weighted by Crippen LogP contribution is 2.18. The van der Waals surface area contributed by atoms with Crippen LogP contribution < -0.4 is 0 Å². The zero-order valence-corrected chi connectivity index (χ0v) is 8.32. The van der Waals surface area contributed by atoms with E-state index in [0.29, 0.717) is 18.9 Å². The summed E-state index contributed by atoms with van der Waals surface area (Å²) in [6.45, 7) is 2.89. The Morgan fingerprint density at radius 2 is 2.43 bits per heavy atom. The molecule has 0 radical (unpaired) electrons. The molecule has 2 unspecified atom stereocenters. The quantitative estimate of drug-likeness (QED) is 0.681. The molecule has 0 aromatic rings. The molecule has 2 fully saturated rings. The van der Waals surface area contributed by atoms with Gasteiger partial charge in [-0.15, -0.1) is 0 Å². The summed E-state index contributed by atoms with van der Waals surface area (Å²) >= 11 is 0. The molecule has 2 aliphatic rings. The molecule has 2 heterocycles. The second-order valence-electron chi connectivity index (χ2n) is 4.24. The molecular weight excluding hydrogens is 182 g/mol. The molecule has 4 heteroatoms. The molecule has 80 valence electrons. The maximum atomic E-state index is 11.4. The first kappa shape index (κ1) is 9.93. The number of β-amino-alcohol motifs (C(OH)–C–C–N with tert-alkyl or cyclic N) is 1. The Kier molecular flexibility index (Phi) is 3.03. The van der Waals surface area contributed by atoms with E-state index < -0.39 is 6.10 Å². The SMILES string of the molecule is O=C1CC(O)CN1CC1CCCOC1. The third-order valence-corrected chi connectivity index (χ3v) is 2.93. The van der Waals surface area contributed by atoms with Gasteiger partial charge in [0.15, 0.2) is 0 Å². The van der Waals surface area contributed by atoms with Gasteiger partial charge in [-0.1, -0.05) is 0 Å². The van der Waals surface area contributed by atoms with Gasteiger partial charge in [0.2, 0.25) is 5.91 Å². The number of ether oxygens (including phenoxy) is 1. The lowest BCUT2D eigenvalue weighted by Gasteiger charge is -2.26. The summed E-state index contributed by atoms with van der Waals surface area (Å²) in [5.41, 5.74) is 0. The van der Waals surface area contributed by atoms with E-state index in [4.69, 9.17) is 4.74 Å². The lowest BCUT2D eigenvalue weighted by atomic mass is 10.0. The summed E-state index contributed by atoms with van der Waals surface area (Å²) < 4.78 is 5.35. The molecule has 0 aromatic carbocycles. The van der Waals surface area contributed by atoms with Crippen molar-refractivity contribution in [3.63, 3.8) is 0 Å². The van der Waals surface area contributed by atoms with Gasteiger partial charge in [-0.3, -0.25) is 4.79 Å². The molecule has 0 aliphatic carbocycles. The van der Waals surface area contributed by atoms with Crippen LogP contribution in [0.5, 0.6) is 0 Å². The molecule has 2 rings (SSSR count). The van der Waals surface area contributed by atoms with Crippen LogP contribution in [0.2, 0.25) is 0 Å². The van der Waals surface area contributed by atoms with Crippen molar-refractivity contribution >= 4 is 5.91 Å². The fourth-order valence-corrected chi connectivity index (χ4v) is 2.19. The number of hydrogen-bond donors (Lipinski definition) is 1. The van der Waals surface area contributed by atoms with Gasteiger partial charge in [-0.25, -0.2) is 0 Å². The molecular formula is C10H17NO3. The van der Waals surface area contributed by atoms with Crippen molar-refractivity contribution in [3.05, 3.63) is 0 Å². The normalized spacial score (nSPS) is 33.8. The van der Waals surface area contributed by atoms with Crippen molar-refractivity contribution < 1.29 is 14.6 Å². The zero-order chi connectivity index (χ0) is 9.97. The van der Waals surface area contributed by atoms with E-state index in [1.807, 2.05) is 0 Å². The average molecular weight is 199 g/mol. The van der Waals surface area contributed by atoms with Crippen LogP contribution in [0.15, 0.2) is 0 Å². The van der Waals surface area contributed by atoms with Crippen LogP contribution in [0.3, 0.4) is 0 Å². The van der Waals surface area contributed by atoms with Crippen molar-refractivity contribution in [1.29, 1.82) is 0 Å². The van der Waals surface area contributed by atoms with Crippen LogP contribution in [0.25, 0.3) is 0 Å². The van der Waals surface area contributed by atoms with E-state index in [9.17, 15) is 9.90 Å². The lowest BCUT2D eigenvalue weighted by molar-refractivity contribution is -0.128. The van der Waals surface area contributed by atoms with Gasteiger partial charge in [0, 0.05) is 19.7 Å². The van der Waals surface area contributed by atoms with Crippen LogP contribution in [0.4, 0.5) is 0 Å². The summed E-state index contributed by atoms with van der Waals surface area (Å²) in [4.78, 5) is 13.2. The Hall–Kier alpha value is -0.610. The third kappa shape index (κ3) is 2.25. The number of amides is 1. The summed E-state index contributed by atoms with van der Waals surface area (Å²) in [5.74, 6) is 0.557. The van der Waals surface area contributed by atoms with Crippen LogP contribution in [0, 0.1) is 5.92 Å². The number of carbonyl (C=O) groups excluding carboxylic acids is 1. The molecule has 0 aromatic heterocycles. The third-order valence-electron chi connectivity index (χ3n) is 2.93. The Morgan fingerprint density at radius 3 is 3.00 bits per heavy atom. The van der Waals surface area contributed by atoms with Crippen LogP contribution in [-0.2, 0) is 9.53 Å². The summed E-state index contributed by atoms with van der Waals surface area (Å²) in [6.07, 6.45) is 2.08. The number of aliphatic hydroxyl groups excluding tert-OH is 1. The van der Waals surface area contributed by atoms with Crippen molar-refractivity contribution in [1.82, 2.24) is 4.90 Å². The largest absolute Gasteiger partial charge is 0.391 e. The van der Waals surface area contributed by atoms with Crippen molar-refractivity contribution in [2.45, 2.75) is 25.4 Å². The van der Waals surface area contributed by atoms with E-state index in [1.165, 1.54) is 0 Å². The summed E-state index contributed by atoms with van der Waals surface area (Å²) in [7, 11) is 0. The van der Waals surface area contributed by atoms with E-state index in [0.717, 1.165) is 32.6 Å². The molecule has 0 spiro atoms. The maximum absolute atomic E-state index is 11.4. The van der Waals surface area contributed by atoms with Crippen molar-refractivity contribution in [2.24, 2.45) is 5.92 Å². The molecule has 0 bridgehead atoms. The van der Waals surface area contributed by atoms with Crippen molar-refractivity contribution in [3.8, 4) is 0 Å². The molecule has 4 nitrogen and oxygen atoms in total. The number of carbonyl (C=O) groups is 1. The second-order valence-corrected chi connectivity index (χ2v) is 4.24. The second kappa shape index (κ2) is 4.28. The van der Waals surface area contributed by atoms with Crippen molar-refractivity contribution in [2.75, 3.05) is 26.3 Å². The highest BCUT2D eigenvalue weighted by atomic mass is 16.5. The topological polar surface area (TPSA) is 49.8 Å². The zero-order valence-electron chi connectivity index (χ0n) is 8.32. The minimum Gasteiger partial charge on any atom is -0.391 e. The first-order valence-electron chi connectivity index (χ1n) is 5.29. The Balaban J connectivity index is 1.81. The van der Waals surface area contributed by atoms with Gasteiger partial charge in [-0.2, -0.15) is 0 Å². The van der Waals surface area contributed by atoms with Gasteiger partial charge < -0.3 is 14.7 Å². The first-order valence-corrected chi connectivity index (χ1v) is 5.29. The molecule has 1 amide bonds. The summed E-state index contributed by atoms with van der Waals surface area (Å²) in [5, 5.41) is 9.31. The van der Waals surface area contributed by atoms with Gasteiger partial charge in [0.25, 0.3) is 0 Å². The van der Waals surface area contributed by atoms with Gasteiger partial charge in [-0.05, 0) is 18.8 Å². The smallest absolute Gasteiger partial charge is 0.225 e. The Morgan fingerprint density at radius 1 is 1.57 bits per heavy atom. The predicted octanol–water partition coefficient (Wildman–Crippen LogP) is 0.00620. The fourth-order valence-electron chi connectivity index (χ4n) is 2.19. The van der Waals surface area contributed by atoms with Crippen LogP contribution in [0.1, 0.15) is 19.3 Å². The van der Waals surface area contributed by atoms with Crippen LogP contribution >= 0.6 is 0 Å². The number of aliphatic hydroxyl groups is 1. The molecule has 0 saturated carbocycles. The molecule has 14 heavy (non-hydrogen) atoms. The Bertz CT molecular complexity index is 213. The predicted molar refractivity (Wildman–Crippen MR) is 50.7 cm³/mol. The number of rotatable bonds is 2. The standard InChI is InChI=1S/C10H17NO3/c12-9-4-10(13)11(6-9)5-8-2-1-3-14-7-8/h8-9,12H,1-7H2. The maximum Gasteiger partial charge on any atom is 0.225 e. The molecule has 2 saturated heterocycles. The van der Waals surface area contributed by atoms with Crippen LogP contribution in [-0.4, -0.2) is 48.3 Å². The number of hydrogen-bond acceptors (Lipinski definition) is 3. The molecule has 2 atom stereocenters. The van der Waals surface area contributed by atoms with Gasteiger partial charge in [0.1, 0.15) is 0 Å². The molecule has 1 N–H and O–H groups in total. The monoisotopic (exact) mass is 199 g/mol. The number of likely N-dealkylation sites (tertiary alicyclic amines) is 1. The van der Waals surface area contributed by atoms with Gasteiger partial charge >= 0.3 is 0 Å². The van der Waals surface area contributed by atoms with E-state index in [1.54, 1.807) is 4.90 Å². The summed E-state index contributed by atoms with van der Waals surface area (Å²) in [6, 6.07) is 0. The Labute approximate surface area is 83.8 Å². The highest BCUT2D eigenvalue weighted by Gasteiger charge is 2.30. The fraction of sp³-hybridized carbons (Fsp3) is 0.900. The molecule has 2 aliphatic heterocycles. The first-order chi connectivity index (χ1) is 6.75. The minimum absolute atomic E-state index is 0.0862. The number of nitrogens with zero attached hydrogens (tertiary/aromatic N) is 1. The lowest BCUT2D eigenvalue weighted by Crippen LogP contribution is -2.34. The minimum atomic E-state index is -0.452. The van der Waals surface area contributed by atoms with E-state index in [-0.39, 0.29) is 5.91 Å². The highest BCUT2D eigenvalue weighted by molar-refractivity contribution is 5.78. The average Bonchev–Trinajstić information content (AvgIpc) is 2.47. The van der Waals surface area contributed by atoms with E-state index >= 15 is 0 Å². The van der Waals surface area contributed by atoms with Gasteiger partial charge in [0.05, 0.1) is 19.1 Å². The van der Waals surface area contributed by atoms with E-state index in [2.05, 4.69) is 0 Å².